The van der Waals surface area contributed by atoms with Crippen molar-refractivity contribution >= 4 is 0 Å². The molecule has 0 radical (unpaired) electrons. The second-order valence-electron chi connectivity index (χ2n) is 5.74. The van der Waals surface area contributed by atoms with Crippen molar-refractivity contribution in [3.63, 3.8) is 0 Å². The van der Waals surface area contributed by atoms with Crippen LogP contribution in [0.2, 0.25) is 0 Å². The van der Waals surface area contributed by atoms with Gasteiger partial charge in [-0.1, -0.05) is 12.8 Å². The molecule has 3 heteroatoms. The maximum Gasteiger partial charge on any atom is 0.0707 e. The number of nitrogens with two attached hydrogens (primary N) is 1. The molecule has 2 N–H and O–H groups in total. The Morgan fingerprint density at radius 2 is 1.81 bits per heavy atom. The van der Waals surface area contributed by atoms with Crippen LogP contribution in [-0.4, -0.2) is 31.5 Å². The molecule has 16 heavy (non-hydrogen) atoms. The molecule has 0 aromatic heterocycles. The minimum Gasteiger partial charge on any atom is -0.377 e. The van der Waals surface area contributed by atoms with Crippen LogP contribution < -0.4 is 5.73 Å². The third kappa shape index (κ3) is 5.83. The maximum atomic E-state index is 6.08. The van der Waals surface area contributed by atoms with Crippen LogP contribution in [0.3, 0.4) is 0 Å². The Bertz CT molecular complexity index is 183. The summed E-state index contributed by atoms with van der Waals surface area (Å²) in [5, 5.41) is 0. The van der Waals surface area contributed by atoms with E-state index in [9.17, 15) is 0 Å². The molecule has 0 heterocycles. The van der Waals surface area contributed by atoms with E-state index in [0.29, 0.717) is 25.7 Å². The minimum absolute atomic E-state index is 0.0725. The Labute approximate surface area is 99.7 Å². The van der Waals surface area contributed by atoms with Gasteiger partial charge in [0.2, 0.25) is 0 Å². The molecule has 1 saturated carbocycles. The fourth-order valence-electron chi connectivity index (χ4n) is 2.15. The van der Waals surface area contributed by atoms with E-state index in [1.54, 1.807) is 0 Å². The third-order valence-corrected chi connectivity index (χ3v) is 3.08. The van der Waals surface area contributed by atoms with E-state index in [1.807, 2.05) is 0 Å². The van der Waals surface area contributed by atoms with E-state index < -0.39 is 0 Å². The standard InChI is InChI=1S/C13H27NO2/c1-13(2,3)16-9-8-15-10-12(14)11-6-4-5-7-11/h11-12H,4-10,14H2,1-3H3. The second-order valence-corrected chi connectivity index (χ2v) is 5.74. The van der Waals surface area contributed by atoms with Gasteiger partial charge in [-0.2, -0.15) is 0 Å². The first-order valence-electron chi connectivity index (χ1n) is 6.46. The van der Waals surface area contributed by atoms with E-state index >= 15 is 0 Å². The van der Waals surface area contributed by atoms with Crippen LogP contribution in [0.5, 0.6) is 0 Å². The van der Waals surface area contributed by atoms with Gasteiger partial charge in [-0.15, -0.1) is 0 Å². The molecule has 0 bridgehead atoms. The van der Waals surface area contributed by atoms with Crippen LogP contribution in [0.25, 0.3) is 0 Å². The summed E-state index contributed by atoms with van der Waals surface area (Å²) in [7, 11) is 0. The van der Waals surface area contributed by atoms with Crippen LogP contribution in [0.15, 0.2) is 0 Å². The van der Waals surface area contributed by atoms with E-state index in [1.165, 1.54) is 25.7 Å². The summed E-state index contributed by atoms with van der Waals surface area (Å²) in [6, 6.07) is 0.220. The largest absolute Gasteiger partial charge is 0.377 e. The Hall–Kier alpha value is -0.120. The summed E-state index contributed by atoms with van der Waals surface area (Å²) in [6.07, 6.45) is 5.24. The predicted octanol–water partition coefficient (Wildman–Crippen LogP) is 2.34. The summed E-state index contributed by atoms with van der Waals surface area (Å²) in [5.41, 5.74) is 6.01. The topological polar surface area (TPSA) is 44.5 Å². The van der Waals surface area contributed by atoms with Crippen molar-refractivity contribution < 1.29 is 9.47 Å². The van der Waals surface area contributed by atoms with Crippen LogP contribution in [0, 0.1) is 5.92 Å². The summed E-state index contributed by atoms with van der Waals surface area (Å²) in [6.45, 7) is 8.14. The highest BCUT2D eigenvalue weighted by atomic mass is 16.5. The van der Waals surface area contributed by atoms with Crippen molar-refractivity contribution in [2.45, 2.75) is 58.1 Å². The zero-order valence-electron chi connectivity index (χ0n) is 11.0. The van der Waals surface area contributed by atoms with E-state index in [0.717, 1.165) is 0 Å². The molecule has 3 nitrogen and oxygen atoms in total. The fraction of sp³-hybridized carbons (Fsp3) is 1.00. The molecule has 1 fully saturated rings. The summed E-state index contributed by atoms with van der Waals surface area (Å²) in [5.74, 6) is 0.684. The lowest BCUT2D eigenvalue weighted by Crippen LogP contribution is -2.34. The average molecular weight is 229 g/mol. The summed E-state index contributed by atoms with van der Waals surface area (Å²) in [4.78, 5) is 0. The minimum atomic E-state index is -0.0725. The molecule has 0 aliphatic heterocycles. The molecule has 1 aliphatic rings. The number of ether oxygens (including phenoxy) is 2. The van der Waals surface area contributed by atoms with Gasteiger partial charge < -0.3 is 15.2 Å². The lowest BCUT2D eigenvalue weighted by Gasteiger charge is -2.21. The monoisotopic (exact) mass is 229 g/mol. The molecule has 1 rings (SSSR count). The van der Waals surface area contributed by atoms with Gasteiger partial charge in [-0.25, -0.2) is 0 Å². The Morgan fingerprint density at radius 3 is 2.38 bits per heavy atom. The van der Waals surface area contributed by atoms with Gasteiger partial charge in [-0.3, -0.25) is 0 Å². The summed E-state index contributed by atoms with van der Waals surface area (Å²) < 4.78 is 11.1. The molecule has 1 atom stereocenters. The van der Waals surface area contributed by atoms with Crippen LogP contribution in [0.1, 0.15) is 46.5 Å². The average Bonchev–Trinajstić information content (AvgIpc) is 2.67. The van der Waals surface area contributed by atoms with Crippen molar-refractivity contribution in [2.75, 3.05) is 19.8 Å². The molecule has 0 amide bonds. The smallest absolute Gasteiger partial charge is 0.0707 e. The zero-order chi connectivity index (χ0) is 12.0. The lowest BCUT2D eigenvalue weighted by atomic mass is 10.00. The lowest BCUT2D eigenvalue weighted by molar-refractivity contribution is -0.0377. The van der Waals surface area contributed by atoms with Crippen molar-refractivity contribution in [3.05, 3.63) is 0 Å². The molecule has 0 spiro atoms. The first-order chi connectivity index (χ1) is 7.49. The van der Waals surface area contributed by atoms with Crippen molar-refractivity contribution in [2.24, 2.45) is 11.7 Å². The quantitative estimate of drug-likeness (QED) is 0.711. The van der Waals surface area contributed by atoms with Gasteiger partial charge in [0.1, 0.15) is 0 Å². The van der Waals surface area contributed by atoms with E-state index in [-0.39, 0.29) is 11.6 Å². The van der Waals surface area contributed by atoms with Gasteiger partial charge in [0.05, 0.1) is 25.4 Å². The summed E-state index contributed by atoms with van der Waals surface area (Å²) >= 11 is 0. The number of hydrogen-bond acceptors (Lipinski definition) is 3. The molecule has 0 aromatic rings. The predicted molar refractivity (Wildman–Crippen MR) is 66.5 cm³/mol. The maximum absolute atomic E-state index is 6.08. The Balaban J connectivity index is 1.98. The molecule has 1 aliphatic carbocycles. The van der Waals surface area contributed by atoms with Gasteiger partial charge in [0.15, 0.2) is 0 Å². The zero-order valence-corrected chi connectivity index (χ0v) is 11.0. The van der Waals surface area contributed by atoms with Crippen molar-refractivity contribution in [1.82, 2.24) is 0 Å². The van der Waals surface area contributed by atoms with Gasteiger partial charge in [-0.05, 0) is 39.5 Å². The normalized spacial score (nSPS) is 20.2. The molecule has 0 aromatic carbocycles. The van der Waals surface area contributed by atoms with Gasteiger partial charge in [0, 0.05) is 6.04 Å². The first kappa shape index (κ1) is 13.9. The first-order valence-corrected chi connectivity index (χ1v) is 6.46. The van der Waals surface area contributed by atoms with Gasteiger partial charge >= 0.3 is 0 Å². The number of hydrogen-bond donors (Lipinski definition) is 1. The molecule has 1 unspecified atom stereocenters. The van der Waals surface area contributed by atoms with Crippen LogP contribution in [0.4, 0.5) is 0 Å². The molecular weight excluding hydrogens is 202 g/mol. The van der Waals surface area contributed by atoms with Gasteiger partial charge in [0.25, 0.3) is 0 Å². The van der Waals surface area contributed by atoms with Crippen molar-refractivity contribution in [3.8, 4) is 0 Å². The third-order valence-electron chi connectivity index (χ3n) is 3.08. The molecule has 0 saturated heterocycles. The van der Waals surface area contributed by atoms with Crippen LogP contribution in [-0.2, 0) is 9.47 Å². The Morgan fingerprint density at radius 1 is 1.19 bits per heavy atom. The van der Waals surface area contributed by atoms with E-state index in [4.69, 9.17) is 15.2 Å². The fourth-order valence-corrected chi connectivity index (χ4v) is 2.15. The van der Waals surface area contributed by atoms with Crippen LogP contribution >= 0.6 is 0 Å². The molecular formula is C13H27NO2. The SMILES string of the molecule is CC(C)(C)OCCOCC(N)C1CCCC1. The highest BCUT2D eigenvalue weighted by Gasteiger charge is 2.21. The second kappa shape index (κ2) is 6.58. The Kier molecular flexibility index (Phi) is 5.73. The van der Waals surface area contributed by atoms with E-state index in [2.05, 4.69) is 20.8 Å². The highest BCUT2D eigenvalue weighted by Crippen LogP contribution is 2.26. The molecule has 96 valence electrons. The highest BCUT2D eigenvalue weighted by molar-refractivity contribution is 4.77. The number of rotatable bonds is 6. The van der Waals surface area contributed by atoms with Crippen molar-refractivity contribution in [1.29, 1.82) is 0 Å².